The molecule has 0 radical (unpaired) electrons. The summed E-state index contributed by atoms with van der Waals surface area (Å²) >= 11 is 0. The zero-order valence-corrected chi connectivity index (χ0v) is 20.3. The predicted molar refractivity (Wildman–Crippen MR) is 130 cm³/mol. The summed E-state index contributed by atoms with van der Waals surface area (Å²) in [6, 6.07) is 12.5. The predicted octanol–water partition coefficient (Wildman–Crippen LogP) is 3.97. The van der Waals surface area contributed by atoms with Crippen LogP contribution in [0.2, 0.25) is 0 Å². The number of carbonyl (C=O) groups excluding carboxylic acids is 1. The van der Waals surface area contributed by atoms with Gasteiger partial charge in [0.15, 0.2) is 0 Å². The zero-order chi connectivity index (χ0) is 25.4. The number of nitrogens with one attached hydrogen (secondary N) is 1. The largest absolute Gasteiger partial charge is 0.417 e. The van der Waals surface area contributed by atoms with Crippen LogP contribution in [0.1, 0.15) is 30.8 Å². The number of hydrogen-bond donors (Lipinski definition) is 1. The van der Waals surface area contributed by atoms with Crippen LogP contribution in [0.3, 0.4) is 0 Å². The summed E-state index contributed by atoms with van der Waals surface area (Å²) < 4.78 is 38.6. The number of rotatable bonds is 4. The summed E-state index contributed by atoms with van der Waals surface area (Å²) in [4.78, 5) is 31.4. The number of imidazole rings is 1. The first-order valence-corrected chi connectivity index (χ1v) is 12.1. The molecule has 2 aliphatic rings. The summed E-state index contributed by atoms with van der Waals surface area (Å²) in [6.45, 7) is 6.67. The van der Waals surface area contributed by atoms with Gasteiger partial charge in [-0.1, -0.05) is 30.3 Å². The van der Waals surface area contributed by atoms with E-state index in [1.165, 1.54) is 6.07 Å². The van der Waals surface area contributed by atoms with Crippen molar-refractivity contribution in [2.24, 2.45) is 0 Å². The number of benzene rings is 1. The molecule has 1 saturated heterocycles. The highest BCUT2D eigenvalue weighted by Gasteiger charge is 2.34. The Balaban J connectivity index is 1.21. The molecule has 2 aromatic heterocycles. The van der Waals surface area contributed by atoms with Gasteiger partial charge >= 0.3 is 6.18 Å². The van der Waals surface area contributed by atoms with Crippen molar-refractivity contribution in [2.75, 3.05) is 31.1 Å². The quantitative estimate of drug-likeness (QED) is 0.590. The Morgan fingerprint density at radius 1 is 1.08 bits per heavy atom. The Hall–Kier alpha value is -3.40. The van der Waals surface area contributed by atoms with Gasteiger partial charge in [-0.2, -0.15) is 13.2 Å². The minimum atomic E-state index is -4.40. The molecular formula is C26H29F3N6O. The van der Waals surface area contributed by atoms with E-state index in [9.17, 15) is 18.0 Å². The lowest BCUT2D eigenvalue weighted by atomic mass is 10.1. The zero-order valence-electron chi connectivity index (χ0n) is 20.3. The van der Waals surface area contributed by atoms with Crippen LogP contribution in [0.25, 0.3) is 11.4 Å². The molecule has 1 amide bonds. The Morgan fingerprint density at radius 3 is 2.44 bits per heavy atom. The van der Waals surface area contributed by atoms with Gasteiger partial charge in [-0.15, -0.1) is 0 Å². The number of pyridine rings is 1. The normalized spacial score (nSPS) is 20.9. The van der Waals surface area contributed by atoms with Crippen LogP contribution in [0.4, 0.5) is 19.0 Å². The van der Waals surface area contributed by atoms with E-state index in [-0.39, 0.29) is 18.0 Å². The summed E-state index contributed by atoms with van der Waals surface area (Å²) in [5.41, 5.74) is 2.26. The number of piperazine rings is 1. The number of fused-ring (bicyclic) bond motifs is 1. The van der Waals surface area contributed by atoms with Gasteiger partial charge in [-0.25, -0.2) is 9.97 Å². The Morgan fingerprint density at radius 2 is 1.81 bits per heavy atom. The summed E-state index contributed by atoms with van der Waals surface area (Å²) in [6.07, 6.45) is -2.81. The fraction of sp³-hybridized carbons (Fsp3) is 0.423. The highest BCUT2D eigenvalue weighted by molar-refractivity contribution is 5.78. The van der Waals surface area contributed by atoms with E-state index in [4.69, 9.17) is 4.98 Å². The van der Waals surface area contributed by atoms with Crippen molar-refractivity contribution in [3.05, 3.63) is 65.6 Å². The van der Waals surface area contributed by atoms with Gasteiger partial charge < -0.3 is 14.8 Å². The number of nitrogens with zero attached hydrogens (tertiary/aromatic N) is 5. The van der Waals surface area contributed by atoms with Crippen molar-refractivity contribution in [3.63, 3.8) is 0 Å². The molecule has 10 heteroatoms. The lowest BCUT2D eigenvalue weighted by Gasteiger charge is -2.45. The van der Waals surface area contributed by atoms with Crippen molar-refractivity contribution in [2.45, 2.75) is 45.1 Å². The third-order valence-corrected chi connectivity index (χ3v) is 7.05. The number of hydrogen-bond acceptors (Lipinski definition) is 5. The average Bonchev–Trinajstić information content (AvgIpc) is 3.30. The number of anilines is 1. The average molecular weight is 499 g/mol. The molecular weight excluding hydrogens is 469 g/mol. The van der Waals surface area contributed by atoms with Crippen molar-refractivity contribution in [1.82, 2.24) is 24.8 Å². The van der Waals surface area contributed by atoms with Gasteiger partial charge in [-0.05, 0) is 26.0 Å². The molecule has 2 atom stereocenters. The second kappa shape index (κ2) is 9.57. The monoisotopic (exact) mass is 498 g/mol. The van der Waals surface area contributed by atoms with Gasteiger partial charge in [0.05, 0.1) is 30.0 Å². The molecule has 1 N–H and O–H groups in total. The SMILES string of the molecule is C[C@@H]1CN(c2ccc(C(F)(F)F)cn2)C[C@H](C)N1CC(=O)N1CCc2nc(-c3ccccc3)[nH]c2C1. The van der Waals surface area contributed by atoms with E-state index in [0.29, 0.717) is 45.0 Å². The summed E-state index contributed by atoms with van der Waals surface area (Å²) in [5, 5.41) is 0. The topological polar surface area (TPSA) is 68.4 Å². The maximum Gasteiger partial charge on any atom is 0.417 e. The molecule has 190 valence electrons. The van der Waals surface area contributed by atoms with Gasteiger partial charge in [0.2, 0.25) is 5.91 Å². The Labute approximate surface area is 207 Å². The molecule has 0 aliphatic carbocycles. The van der Waals surface area contributed by atoms with E-state index in [2.05, 4.69) is 14.9 Å². The van der Waals surface area contributed by atoms with E-state index in [1.54, 1.807) is 0 Å². The number of amides is 1. The maximum atomic E-state index is 13.2. The minimum Gasteiger partial charge on any atom is -0.354 e. The fourth-order valence-electron chi connectivity index (χ4n) is 5.09. The number of carbonyl (C=O) groups is 1. The number of alkyl halides is 3. The first-order valence-electron chi connectivity index (χ1n) is 12.1. The lowest BCUT2D eigenvalue weighted by Crippen LogP contribution is -2.59. The van der Waals surface area contributed by atoms with Crippen LogP contribution in [0.5, 0.6) is 0 Å². The molecule has 7 nitrogen and oxygen atoms in total. The molecule has 0 unspecified atom stereocenters. The molecule has 1 fully saturated rings. The van der Waals surface area contributed by atoms with E-state index in [1.807, 2.05) is 54.0 Å². The van der Waals surface area contributed by atoms with Gasteiger partial charge in [-0.3, -0.25) is 9.69 Å². The summed E-state index contributed by atoms with van der Waals surface area (Å²) in [5.74, 6) is 1.41. The van der Waals surface area contributed by atoms with Crippen molar-refractivity contribution in [1.29, 1.82) is 0 Å². The molecule has 5 rings (SSSR count). The second-order valence-electron chi connectivity index (χ2n) is 9.62. The molecule has 1 aromatic carbocycles. The molecule has 0 saturated carbocycles. The lowest BCUT2D eigenvalue weighted by molar-refractivity contribution is -0.138. The standard InChI is InChI=1S/C26H29F3N6O/c1-17-13-34(23-9-8-20(12-30-23)26(27,28)29)14-18(2)35(17)16-24(36)33-11-10-21-22(15-33)32-25(31-21)19-6-4-3-5-7-19/h3-9,12,17-18H,10-11,13-16H2,1-2H3,(H,31,32)/t17-,18+. The van der Waals surface area contributed by atoms with Crippen molar-refractivity contribution >= 4 is 11.7 Å². The van der Waals surface area contributed by atoms with Gasteiger partial charge in [0, 0.05) is 49.9 Å². The molecule has 0 bridgehead atoms. The molecule has 4 heterocycles. The summed E-state index contributed by atoms with van der Waals surface area (Å²) in [7, 11) is 0. The van der Waals surface area contributed by atoms with Gasteiger partial charge in [0.25, 0.3) is 0 Å². The second-order valence-corrected chi connectivity index (χ2v) is 9.62. The molecule has 36 heavy (non-hydrogen) atoms. The third-order valence-electron chi connectivity index (χ3n) is 7.05. The first-order chi connectivity index (χ1) is 17.2. The van der Waals surface area contributed by atoms with E-state index in [0.717, 1.165) is 35.0 Å². The smallest absolute Gasteiger partial charge is 0.354 e. The highest BCUT2D eigenvalue weighted by atomic mass is 19.4. The number of halogens is 3. The van der Waals surface area contributed by atoms with Crippen LogP contribution in [0.15, 0.2) is 48.7 Å². The number of aromatic amines is 1. The van der Waals surface area contributed by atoms with Gasteiger partial charge in [0.1, 0.15) is 11.6 Å². The van der Waals surface area contributed by atoms with E-state index < -0.39 is 11.7 Å². The van der Waals surface area contributed by atoms with Crippen molar-refractivity contribution in [3.8, 4) is 11.4 Å². The van der Waals surface area contributed by atoms with Crippen LogP contribution in [0, 0.1) is 0 Å². The van der Waals surface area contributed by atoms with Crippen LogP contribution >= 0.6 is 0 Å². The molecule has 2 aliphatic heterocycles. The Kier molecular flexibility index (Phi) is 6.46. The first kappa shape index (κ1) is 24.3. The highest BCUT2D eigenvalue weighted by Crippen LogP contribution is 2.30. The van der Waals surface area contributed by atoms with Crippen molar-refractivity contribution < 1.29 is 18.0 Å². The van der Waals surface area contributed by atoms with Crippen LogP contribution in [-0.2, 0) is 23.9 Å². The minimum absolute atomic E-state index is 0.0407. The third kappa shape index (κ3) is 4.95. The Bertz CT molecular complexity index is 1200. The molecule has 0 spiro atoms. The number of H-pyrrole nitrogens is 1. The fourth-order valence-corrected chi connectivity index (χ4v) is 5.09. The van der Waals surface area contributed by atoms with Crippen LogP contribution < -0.4 is 4.90 Å². The maximum absolute atomic E-state index is 13.2. The number of aromatic nitrogens is 3. The molecule has 3 aromatic rings. The van der Waals surface area contributed by atoms with E-state index >= 15 is 0 Å². The van der Waals surface area contributed by atoms with Crippen LogP contribution in [-0.4, -0.2) is 68.9 Å².